The van der Waals surface area contributed by atoms with Crippen molar-refractivity contribution >= 4 is 10.9 Å². The van der Waals surface area contributed by atoms with E-state index < -0.39 is 0 Å². The molecule has 74 valence electrons. The molecule has 0 amide bonds. The Kier molecular flexibility index (Phi) is 2.52. The molecule has 0 saturated heterocycles. The van der Waals surface area contributed by atoms with Crippen molar-refractivity contribution < 1.29 is 0 Å². The summed E-state index contributed by atoms with van der Waals surface area (Å²) in [6.45, 7) is 0.627. The van der Waals surface area contributed by atoms with Gasteiger partial charge >= 0.3 is 0 Å². The van der Waals surface area contributed by atoms with Crippen LogP contribution in [0.1, 0.15) is 18.0 Å². The summed E-state index contributed by atoms with van der Waals surface area (Å²) in [7, 11) is 0. The molecular weight excluding hydrogens is 174 g/mol. The van der Waals surface area contributed by atoms with Crippen LogP contribution in [0.4, 0.5) is 0 Å². The zero-order chi connectivity index (χ0) is 9.97. The molecule has 3 nitrogen and oxygen atoms in total. The van der Waals surface area contributed by atoms with E-state index in [1.165, 1.54) is 10.9 Å². The number of nitrogens with one attached hydrogen (secondary N) is 1. The van der Waals surface area contributed by atoms with E-state index in [2.05, 4.69) is 17.1 Å². The number of hydrogen-bond donors (Lipinski definition) is 3. The van der Waals surface area contributed by atoms with E-state index in [1.54, 1.807) is 0 Å². The number of aromatic amines is 1. The highest BCUT2D eigenvalue weighted by atomic mass is 14.7. The molecule has 0 aliphatic carbocycles. The maximum atomic E-state index is 6.04. The zero-order valence-corrected chi connectivity index (χ0v) is 8.03. The van der Waals surface area contributed by atoms with Crippen LogP contribution in [0.25, 0.3) is 10.9 Å². The van der Waals surface area contributed by atoms with Crippen LogP contribution in [0.3, 0.4) is 0 Å². The van der Waals surface area contributed by atoms with Gasteiger partial charge in [-0.1, -0.05) is 12.1 Å². The van der Waals surface area contributed by atoms with Crippen LogP contribution in [0, 0.1) is 0 Å². The van der Waals surface area contributed by atoms with E-state index in [9.17, 15) is 0 Å². The second-order valence-corrected chi connectivity index (χ2v) is 3.47. The van der Waals surface area contributed by atoms with Crippen molar-refractivity contribution in [1.82, 2.24) is 4.98 Å². The Morgan fingerprint density at radius 1 is 1.29 bits per heavy atom. The van der Waals surface area contributed by atoms with E-state index >= 15 is 0 Å². The van der Waals surface area contributed by atoms with Crippen molar-refractivity contribution in [1.29, 1.82) is 0 Å². The number of benzene rings is 1. The maximum absolute atomic E-state index is 6.04. The molecule has 1 aromatic heterocycles. The third-order valence-electron chi connectivity index (χ3n) is 2.51. The quantitative estimate of drug-likeness (QED) is 0.685. The minimum atomic E-state index is 0.0412. The van der Waals surface area contributed by atoms with Gasteiger partial charge in [-0.05, 0) is 30.7 Å². The second kappa shape index (κ2) is 3.82. The molecule has 5 N–H and O–H groups in total. The molecule has 1 aromatic carbocycles. The highest BCUT2D eigenvalue weighted by Gasteiger charge is 2.08. The molecule has 0 spiro atoms. The van der Waals surface area contributed by atoms with E-state index in [4.69, 9.17) is 11.5 Å². The number of rotatable bonds is 3. The second-order valence-electron chi connectivity index (χ2n) is 3.47. The van der Waals surface area contributed by atoms with Gasteiger partial charge in [-0.2, -0.15) is 0 Å². The van der Waals surface area contributed by atoms with Crippen molar-refractivity contribution in [2.45, 2.75) is 12.5 Å². The standard InChI is InChI=1S/C11H15N3/c12-6-4-10(13)8-2-1-3-11-9(8)5-7-14-11/h1-3,5,7,10,14H,4,6,12-13H2/t10-/m1/s1. The number of aromatic nitrogens is 1. The van der Waals surface area contributed by atoms with Gasteiger partial charge in [0.1, 0.15) is 0 Å². The zero-order valence-electron chi connectivity index (χ0n) is 8.03. The van der Waals surface area contributed by atoms with Gasteiger partial charge in [-0.25, -0.2) is 0 Å². The summed E-state index contributed by atoms with van der Waals surface area (Å²) in [5.74, 6) is 0. The fourth-order valence-corrected chi connectivity index (χ4v) is 1.77. The van der Waals surface area contributed by atoms with Crippen LogP contribution in [0.15, 0.2) is 30.5 Å². The third-order valence-corrected chi connectivity index (χ3v) is 2.51. The summed E-state index contributed by atoms with van der Waals surface area (Å²) in [6.07, 6.45) is 2.76. The molecular formula is C11H15N3. The van der Waals surface area contributed by atoms with E-state index in [-0.39, 0.29) is 6.04 Å². The first-order valence-corrected chi connectivity index (χ1v) is 4.84. The fraction of sp³-hybridized carbons (Fsp3) is 0.273. The monoisotopic (exact) mass is 189 g/mol. The molecule has 1 heterocycles. The summed E-state index contributed by atoms with van der Waals surface area (Å²) in [4.78, 5) is 3.17. The molecule has 0 aliphatic heterocycles. The van der Waals surface area contributed by atoms with Crippen molar-refractivity contribution in [3.05, 3.63) is 36.0 Å². The summed E-state index contributed by atoms with van der Waals surface area (Å²) in [5.41, 5.74) is 13.8. The first kappa shape index (κ1) is 9.24. The van der Waals surface area contributed by atoms with Crippen LogP contribution in [-0.2, 0) is 0 Å². The normalized spacial score (nSPS) is 13.3. The Bertz CT molecular complexity index is 419. The van der Waals surface area contributed by atoms with Gasteiger partial charge in [-0.3, -0.25) is 0 Å². The molecule has 2 rings (SSSR count). The highest BCUT2D eigenvalue weighted by molar-refractivity contribution is 5.83. The van der Waals surface area contributed by atoms with Gasteiger partial charge in [-0.15, -0.1) is 0 Å². The largest absolute Gasteiger partial charge is 0.361 e. The number of H-pyrrole nitrogens is 1. The molecule has 0 radical (unpaired) electrons. The molecule has 0 fully saturated rings. The molecule has 1 atom stereocenters. The summed E-state index contributed by atoms with van der Waals surface area (Å²) in [5, 5.41) is 1.20. The van der Waals surface area contributed by atoms with Gasteiger partial charge in [0.05, 0.1) is 0 Å². The predicted octanol–water partition coefficient (Wildman–Crippen LogP) is 1.52. The number of fused-ring (bicyclic) bond motifs is 1. The molecule has 0 saturated carbocycles. The molecule has 0 bridgehead atoms. The Balaban J connectivity index is 2.45. The van der Waals surface area contributed by atoms with Gasteiger partial charge in [0.15, 0.2) is 0 Å². The average Bonchev–Trinajstić information content (AvgIpc) is 2.65. The van der Waals surface area contributed by atoms with E-state index in [0.29, 0.717) is 6.54 Å². The minimum absolute atomic E-state index is 0.0412. The van der Waals surface area contributed by atoms with Crippen molar-refractivity contribution in [3.63, 3.8) is 0 Å². The average molecular weight is 189 g/mol. The molecule has 3 heteroatoms. The van der Waals surface area contributed by atoms with Crippen molar-refractivity contribution in [2.24, 2.45) is 11.5 Å². The van der Waals surface area contributed by atoms with Crippen LogP contribution in [-0.4, -0.2) is 11.5 Å². The Morgan fingerprint density at radius 2 is 2.14 bits per heavy atom. The van der Waals surface area contributed by atoms with Gasteiger partial charge in [0.2, 0.25) is 0 Å². The van der Waals surface area contributed by atoms with E-state index in [0.717, 1.165) is 11.9 Å². The number of nitrogens with two attached hydrogens (primary N) is 2. The lowest BCUT2D eigenvalue weighted by atomic mass is 10.0. The van der Waals surface area contributed by atoms with Crippen molar-refractivity contribution in [3.8, 4) is 0 Å². The lowest BCUT2D eigenvalue weighted by molar-refractivity contribution is 0.666. The molecule has 0 aliphatic rings. The summed E-state index contributed by atoms with van der Waals surface area (Å²) >= 11 is 0. The predicted molar refractivity (Wildman–Crippen MR) is 58.9 cm³/mol. The minimum Gasteiger partial charge on any atom is -0.361 e. The van der Waals surface area contributed by atoms with Crippen molar-refractivity contribution in [2.75, 3.05) is 6.54 Å². The van der Waals surface area contributed by atoms with Gasteiger partial charge in [0, 0.05) is 23.1 Å². The summed E-state index contributed by atoms with van der Waals surface area (Å²) < 4.78 is 0. The smallest absolute Gasteiger partial charge is 0.0457 e. The highest BCUT2D eigenvalue weighted by Crippen LogP contribution is 2.23. The Morgan fingerprint density at radius 3 is 2.93 bits per heavy atom. The van der Waals surface area contributed by atoms with Crippen LogP contribution >= 0.6 is 0 Å². The van der Waals surface area contributed by atoms with Crippen LogP contribution in [0.5, 0.6) is 0 Å². The molecule has 0 unspecified atom stereocenters. The maximum Gasteiger partial charge on any atom is 0.0457 e. The fourth-order valence-electron chi connectivity index (χ4n) is 1.77. The molecule has 2 aromatic rings. The van der Waals surface area contributed by atoms with Crippen LogP contribution in [0.2, 0.25) is 0 Å². The van der Waals surface area contributed by atoms with Gasteiger partial charge in [0.25, 0.3) is 0 Å². The van der Waals surface area contributed by atoms with E-state index in [1.807, 2.05) is 18.3 Å². The van der Waals surface area contributed by atoms with Gasteiger partial charge < -0.3 is 16.5 Å². The first-order valence-electron chi connectivity index (χ1n) is 4.84. The molecule has 14 heavy (non-hydrogen) atoms. The lowest BCUT2D eigenvalue weighted by Gasteiger charge is -2.11. The van der Waals surface area contributed by atoms with Crippen LogP contribution < -0.4 is 11.5 Å². The topological polar surface area (TPSA) is 67.8 Å². The third kappa shape index (κ3) is 1.52. The Hall–Kier alpha value is -1.32. The Labute approximate surface area is 83.1 Å². The first-order chi connectivity index (χ1) is 6.83. The lowest BCUT2D eigenvalue weighted by Crippen LogP contribution is -2.15. The summed E-state index contributed by atoms with van der Waals surface area (Å²) in [6, 6.07) is 8.23. The SMILES string of the molecule is NCC[C@@H](N)c1cccc2[nH]ccc12. The number of hydrogen-bond acceptors (Lipinski definition) is 2.